The predicted molar refractivity (Wildman–Crippen MR) is 157 cm³/mol. The summed E-state index contributed by atoms with van der Waals surface area (Å²) < 4.78 is 13.0. The molecule has 0 aliphatic carbocycles. The van der Waals surface area contributed by atoms with Crippen LogP contribution in [-0.2, 0) is 22.6 Å². The lowest BCUT2D eigenvalue weighted by atomic mass is 9.91. The van der Waals surface area contributed by atoms with E-state index in [-0.39, 0.29) is 36.2 Å². The summed E-state index contributed by atoms with van der Waals surface area (Å²) in [5.41, 5.74) is 4.16. The number of nitrogens with zero attached hydrogens (tertiary/aromatic N) is 2. The first-order valence-corrected chi connectivity index (χ1v) is 14.5. The van der Waals surface area contributed by atoms with E-state index in [0.29, 0.717) is 22.9 Å². The van der Waals surface area contributed by atoms with Gasteiger partial charge in [0.25, 0.3) is 5.91 Å². The molecule has 0 radical (unpaired) electrons. The fourth-order valence-corrected chi connectivity index (χ4v) is 5.86. The van der Waals surface area contributed by atoms with Crippen LogP contribution in [0.1, 0.15) is 62.3 Å². The minimum absolute atomic E-state index is 0.0443. The number of aliphatic hydroxyl groups excluding tert-OH is 1. The molecule has 5 rings (SSSR count). The van der Waals surface area contributed by atoms with Crippen LogP contribution < -0.4 is 5.32 Å². The van der Waals surface area contributed by atoms with E-state index in [4.69, 9.17) is 9.47 Å². The van der Waals surface area contributed by atoms with Crippen molar-refractivity contribution in [2.75, 3.05) is 5.75 Å². The van der Waals surface area contributed by atoms with Crippen molar-refractivity contribution < 1.29 is 29.3 Å². The number of carboxylic acid groups (broad SMARTS) is 1. The molecule has 1 aliphatic rings. The van der Waals surface area contributed by atoms with Crippen molar-refractivity contribution in [3.63, 3.8) is 0 Å². The van der Waals surface area contributed by atoms with Crippen LogP contribution in [0.3, 0.4) is 0 Å². The first-order valence-electron chi connectivity index (χ1n) is 13.5. The zero-order valence-corrected chi connectivity index (χ0v) is 23.7. The van der Waals surface area contributed by atoms with Gasteiger partial charge in [0.05, 0.1) is 29.9 Å². The molecule has 1 fully saturated rings. The predicted octanol–water partition coefficient (Wildman–Crippen LogP) is 5.18. The molecular weight excluding hydrogens is 554 g/mol. The molecule has 1 saturated heterocycles. The second kappa shape index (κ2) is 13.7. The number of carbonyl (C=O) groups excluding carboxylic acids is 1. The Morgan fingerprint density at radius 3 is 2.33 bits per heavy atom. The Kier molecular flexibility index (Phi) is 9.60. The van der Waals surface area contributed by atoms with Crippen molar-refractivity contribution >= 4 is 23.6 Å². The Balaban J connectivity index is 1.33. The summed E-state index contributed by atoms with van der Waals surface area (Å²) in [6.45, 7) is 2.36. The van der Waals surface area contributed by atoms with Crippen molar-refractivity contribution in [3.05, 3.63) is 125 Å². The Bertz CT molecular complexity index is 1500. The largest absolute Gasteiger partial charge is 0.478 e. The molecule has 42 heavy (non-hydrogen) atoms. The number of aromatic carboxylic acids is 1. The second-order valence-corrected chi connectivity index (χ2v) is 11.0. The normalized spacial score (nSPS) is 20.1. The van der Waals surface area contributed by atoms with Gasteiger partial charge in [0.1, 0.15) is 5.03 Å². The molecule has 10 heteroatoms. The molecule has 1 amide bonds. The number of aromatic nitrogens is 2. The summed E-state index contributed by atoms with van der Waals surface area (Å²) in [4.78, 5) is 32.4. The maximum Gasteiger partial charge on any atom is 0.338 e. The molecular formula is C32H31N3O6S. The number of hydrogen-bond acceptors (Lipinski definition) is 8. The number of thioether (sulfide) groups is 1. The molecule has 4 unspecified atom stereocenters. The van der Waals surface area contributed by atoms with E-state index in [9.17, 15) is 19.8 Å². The van der Waals surface area contributed by atoms with Crippen molar-refractivity contribution in [2.24, 2.45) is 5.92 Å². The number of rotatable bonds is 10. The van der Waals surface area contributed by atoms with Gasteiger partial charge in [-0.2, -0.15) is 0 Å². The van der Waals surface area contributed by atoms with Gasteiger partial charge in [-0.15, -0.1) is 11.8 Å². The monoisotopic (exact) mass is 585 g/mol. The number of ether oxygens (including phenoxy) is 2. The highest BCUT2D eigenvalue weighted by molar-refractivity contribution is 7.99. The molecule has 1 aliphatic heterocycles. The fourth-order valence-electron chi connectivity index (χ4n) is 4.71. The molecule has 0 spiro atoms. The smallest absolute Gasteiger partial charge is 0.338 e. The van der Waals surface area contributed by atoms with Crippen LogP contribution in [0.2, 0.25) is 0 Å². The molecule has 9 nitrogen and oxygen atoms in total. The minimum Gasteiger partial charge on any atom is -0.478 e. The third-order valence-electron chi connectivity index (χ3n) is 7.14. The van der Waals surface area contributed by atoms with Crippen LogP contribution in [0.4, 0.5) is 0 Å². The average molecular weight is 586 g/mol. The number of amides is 1. The summed E-state index contributed by atoms with van der Waals surface area (Å²) in [7, 11) is 0. The number of aliphatic hydroxyl groups is 1. The van der Waals surface area contributed by atoms with E-state index in [1.54, 1.807) is 36.7 Å². The standard InChI is InChI=1S/C32H31N3O6S/c1-20-27(19-42-30-26(31(38)39)5-3-15-34-30)40-32(41-28(20)23-10-8-22(18-36)9-11-23)24-12-6-21(7-13-24)16-35-29(37)25-4-2-14-33-17-25/h2-15,17,20,27-28,32,36H,16,18-19H2,1H3,(H,35,37)(H,38,39). The van der Waals surface area contributed by atoms with Gasteiger partial charge >= 0.3 is 5.97 Å². The third kappa shape index (κ3) is 7.03. The quantitative estimate of drug-likeness (QED) is 0.216. The molecule has 4 aromatic rings. The van der Waals surface area contributed by atoms with E-state index < -0.39 is 12.3 Å². The van der Waals surface area contributed by atoms with E-state index in [1.165, 1.54) is 18.0 Å². The Hall–Kier alpha value is -4.09. The molecule has 3 N–H and O–H groups in total. The first kappa shape index (κ1) is 29.4. The molecule has 0 bridgehead atoms. The van der Waals surface area contributed by atoms with Gasteiger partial charge in [-0.1, -0.05) is 55.5 Å². The van der Waals surface area contributed by atoms with E-state index in [2.05, 4.69) is 22.2 Å². The van der Waals surface area contributed by atoms with Crippen LogP contribution in [0, 0.1) is 5.92 Å². The number of carboxylic acids is 1. The van der Waals surface area contributed by atoms with Gasteiger partial charge in [0.2, 0.25) is 0 Å². The average Bonchev–Trinajstić information content (AvgIpc) is 3.04. The van der Waals surface area contributed by atoms with E-state index in [1.807, 2.05) is 48.5 Å². The molecule has 0 saturated carbocycles. The Labute approximate surface area is 247 Å². The molecule has 4 atom stereocenters. The first-order chi connectivity index (χ1) is 20.4. The van der Waals surface area contributed by atoms with Gasteiger partial charge in [0, 0.05) is 42.4 Å². The maximum absolute atomic E-state index is 12.4. The molecule has 2 aromatic heterocycles. The highest BCUT2D eigenvalue weighted by Crippen LogP contribution is 2.43. The number of nitrogens with one attached hydrogen (secondary N) is 1. The number of hydrogen-bond donors (Lipinski definition) is 3. The Morgan fingerprint density at radius 1 is 0.929 bits per heavy atom. The Morgan fingerprint density at radius 2 is 1.64 bits per heavy atom. The summed E-state index contributed by atoms with van der Waals surface area (Å²) in [5.74, 6) is -0.813. The van der Waals surface area contributed by atoms with Crippen LogP contribution in [0.5, 0.6) is 0 Å². The summed E-state index contributed by atoms with van der Waals surface area (Å²) in [6, 6.07) is 21.9. The van der Waals surface area contributed by atoms with Crippen molar-refractivity contribution in [3.8, 4) is 0 Å². The van der Waals surface area contributed by atoms with Crippen LogP contribution >= 0.6 is 11.8 Å². The number of pyridine rings is 2. The lowest BCUT2D eigenvalue weighted by molar-refractivity contribution is -0.268. The fraction of sp³-hybridized carbons (Fsp3) is 0.250. The summed E-state index contributed by atoms with van der Waals surface area (Å²) >= 11 is 1.35. The van der Waals surface area contributed by atoms with Gasteiger partial charge in [-0.3, -0.25) is 9.78 Å². The lowest BCUT2D eigenvalue weighted by Crippen LogP contribution is -2.38. The number of benzene rings is 2. The van der Waals surface area contributed by atoms with Crippen molar-refractivity contribution in [1.29, 1.82) is 0 Å². The van der Waals surface area contributed by atoms with Crippen molar-refractivity contribution in [2.45, 2.75) is 43.6 Å². The zero-order valence-electron chi connectivity index (χ0n) is 22.9. The van der Waals surface area contributed by atoms with E-state index >= 15 is 0 Å². The van der Waals surface area contributed by atoms with Gasteiger partial charge in [-0.05, 0) is 41.0 Å². The SMILES string of the molecule is CC1C(CSc2ncccc2C(=O)O)OC(c2ccc(CNC(=O)c3cccnc3)cc2)OC1c1ccc(CO)cc1. The molecule has 3 heterocycles. The van der Waals surface area contributed by atoms with Crippen LogP contribution in [-0.4, -0.2) is 43.9 Å². The van der Waals surface area contributed by atoms with Gasteiger partial charge in [0.15, 0.2) is 6.29 Å². The molecule has 216 valence electrons. The third-order valence-corrected chi connectivity index (χ3v) is 8.23. The van der Waals surface area contributed by atoms with Crippen LogP contribution in [0.25, 0.3) is 0 Å². The minimum atomic E-state index is -1.03. The second-order valence-electron chi connectivity index (χ2n) is 9.96. The lowest BCUT2D eigenvalue weighted by Gasteiger charge is -2.41. The summed E-state index contributed by atoms with van der Waals surface area (Å²) in [5, 5.41) is 22.4. The maximum atomic E-state index is 12.4. The topological polar surface area (TPSA) is 131 Å². The zero-order chi connectivity index (χ0) is 29.5. The molecule has 2 aromatic carbocycles. The highest BCUT2D eigenvalue weighted by Gasteiger charge is 2.38. The number of carbonyl (C=O) groups is 2. The van der Waals surface area contributed by atoms with Gasteiger partial charge in [-0.25, -0.2) is 9.78 Å². The van der Waals surface area contributed by atoms with E-state index in [0.717, 1.165) is 22.3 Å². The summed E-state index contributed by atoms with van der Waals surface area (Å²) in [6.07, 6.45) is 3.47. The highest BCUT2D eigenvalue weighted by atomic mass is 32.2. The van der Waals surface area contributed by atoms with Gasteiger partial charge < -0.3 is 25.0 Å². The van der Waals surface area contributed by atoms with Crippen LogP contribution in [0.15, 0.2) is 96.4 Å². The van der Waals surface area contributed by atoms with Crippen molar-refractivity contribution in [1.82, 2.24) is 15.3 Å².